The standard InChI is InChI=1S/C17H28N4O4/c1-16(2,3)18-12(22)10-20(4)13(23)11-21-14(24)17(19-15(21)25)8-6-5-7-9-17/h5-11H2,1-4H3,(H,18,22)(H,19,25). The number of carbonyl (C=O) groups is 4. The minimum atomic E-state index is -0.836. The zero-order chi connectivity index (χ0) is 18.8. The number of urea groups is 1. The predicted molar refractivity (Wildman–Crippen MR) is 91.6 cm³/mol. The molecular weight excluding hydrogens is 324 g/mol. The third-order valence-corrected chi connectivity index (χ3v) is 4.57. The van der Waals surface area contributed by atoms with Crippen LogP contribution in [0.1, 0.15) is 52.9 Å². The number of nitrogens with one attached hydrogen (secondary N) is 2. The molecule has 2 N–H and O–H groups in total. The first-order valence-electron chi connectivity index (χ1n) is 8.73. The molecule has 0 atom stereocenters. The van der Waals surface area contributed by atoms with Gasteiger partial charge >= 0.3 is 6.03 Å². The maximum atomic E-state index is 12.7. The average molecular weight is 352 g/mol. The predicted octanol–water partition coefficient (Wildman–Crippen LogP) is 0.614. The lowest BCUT2D eigenvalue weighted by molar-refractivity contribution is -0.140. The van der Waals surface area contributed by atoms with E-state index in [4.69, 9.17) is 0 Å². The summed E-state index contributed by atoms with van der Waals surface area (Å²) >= 11 is 0. The SMILES string of the molecule is CN(CC(=O)NC(C)(C)C)C(=O)CN1C(=O)NC2(CCCCC2)C1=O. The van der Waals surface area contributed by atoms with Crippen LogP contribution in [0.3, 0.4) is 0 Å². The summed E-state index contributed by atoms with van der Waals surface area (Å²) in [6.45, 7) is 5.09. The van der Waals surface area contributed by atoms with Gasteiger partial charge in [-0.3, -0.25) is 19.3 Å². The Hall–Kier alpha value is -2.12. The Balaban J connectivity index is 1.94. The van der Waals surface area contributed by atoms with Crippen molar-refractivity contribution in [3.63, 3.8) is 0 Å². The molecule has 8 heteroatoms. The van der Waals surface area contributed by atoms with Crippen molar-refractivity contribution >= 4 is 23.8 Å². The van der Waals surface area contributed by atoms with Gasteiger partial charge in [-0.1, -0.05) is 19.3 Å². The third kappa shape index (κ3) is 4.49. The Morgan fingerprint density at radius 2 is 1.80 bits per heavy atom. The molecule has 1 aliphatic heterocycles. The molecule has 1 saturated heterocycles. The van der Waals surface area contributed by atoms with Gasteiger partial charge in [0.25, 0.3) is 5.91 Å². The first-order chi connectivity index (χ1) is 11.5. The van der Waals surface area contributed by atoms with Gasteiger partial charge in [0.15, 0.2) is 0 Å². The van der Waals surface area contributed by atoms with Crippen molar-refractivity contribution in [2.24, 2.45) is 0 Å². The number of likely N-dealkylation sites (N-methyl/N-ethyl adjacent to an activating group) is 1. The molecule has 8 nitrogen and oxygen atoms in total. The van der Waals surface area contributed by atoms with Crippen LogP contribution in [0.25, 0.3) is 0 Å². The van der Waals surface area contributed by atoms with Crippen molar-refractivity contribution < 1.29 is 19.2 Å². The lowest BCUT2D eigenvalue weighted by Crippen LogP contribution is -2.50. The monoisotopic (exact) mass is 352 g/mol. The number of hydrogen-bond donors (Lipinski definition) is 2. The van der Waals surface area contributed by atoms with E-state index in [1.807, 2.05) is 20.8 Å². The fourth-order valence-corrected chi connectivity index (χ4v) is 3.33. The highest BCUT2D eigenvalue weighted by Gasteiger charge is 2.51. The molecule has 5 amide bonds. The van der Waals surface area contributed by atoms with Crippen molar-refractivity contribution in [1.29, 1.82) is 0 Å². The second kappa shape index (κ2) is 7.01. The van der Waals surface area contributed by atoms with Crippen LogP contribution in [0, 0.1) is 0 Å². The molecule has 0 unspecified atom stereocenters. The first-order valence-corrected chi connectivity index (χ1v) is 8.73. The molecule has 1 aliphatic carbocycles. The fourth-order valence-electron chi connectivity index (χ4n) is 3.33. The Kier molecular flexibility index (Phi) is 5.39. The maximum Gasteiger partial charge on any atom is 0.325 e. The summed E-state index contributed by atoms with van der Waals surface area (Å²) in [5, 5.41) is 5.54. The van der Waals surface area contributed by atoms with Gasteiger partial charge in [0.2, 0.25) is 11.8 Å². The number of hydrogen-bond acceptors (Lipinski definition) is 4. The Morgan fingerprint density at radius 1 is 1.20 bits per heavy atom. The summed E-state index contributed by atoms with van der Waals surface area (Å²) in [5.41, 5.74) is -1.23. The fraction of sp³-hybridized carbons (Fsp3) is 0.765. The summed E-state index contributed by atoms with van der Waals surface area (Å²) in [6.07, 6.45) is 4.06. The van der Waals surface area contributed by atoms with Crippen molar-refractivity contribution in [2.75, 3.05) is 20.1 Å². The van der Waals surface area contributed by atoms with Crippen LogP contribution >= 0.6 is 0 Å². The van der Waals surface area contributed by atoms with E-state index < -0.39 is 17.5 Å². The molecule has 1 heterocycles. The Bertz CT molecular complexity index is 576. The zero-order valence-electron chi connectivity index (χ0n) is 15.5. The summed E-state index contributed by atoms with van der Waals surface area (Å²) in [5.74, 6) is -1.05. The second-order valence-corrected chi connectivity index (χ2v) is 8.01. The van der Waals surface area contributed by atoms with Gasteiger partial charge in [-0.2, -0.15) is 0 Å². The van der Waals surface area contributed by atoms with E-state index in [0.717, 1.165) is 24.2 Å². The molecule has 25 heavy (non-hydrogen) atoms. The molecule has 0 aromatic rings. The summed E-state index contributed by atoms with van der Waals surface area (Å²) in [6, 6.07) is -0.521. The molecular formula is C17H28N4O4. The van der Waals surface area contributed by atoms with E-state index in [2.05, 4.69) is 10.6 Å². The molecule has 0 bridgehead atoms. The van der Waals surface area contributed by atoms with E-state index in [1.54, 1.807) is 0 Å². The van der Waals surface area contributed by atoms with Crippen molar-refractivity contribution in [3.8, 4) is 0 Å². The summed E-state index contributed by atoms with van der Waals surface area (Å²) < 4.78 is 0. The summed E-state index contributed by atoms with van der Waals surface area (Å²) in [7, 11) is 1.49. The number of carbonyl (C=O) groups excluding carboxylic acids is 4. The van der Waals surface area contributed by atoms with Crippen molar-refractivity contribution in [3.05, 3.63) is 0 Å². The Morgan fingerprint density at radius 3 is 2.36 bits per heavy atom. The van der Waals surface area contributed by atoms with Gasteiger partial charge in [-0.25, -0.2) is 4.79 Å². The van der Waals surface area contributed by atoms with E-state index in [-0.39, 0.29) is 30.4 Å². The van der Waals surface area contributed by atoms with Crippen LogP contribution < -0.4 is 10.6 Å². The third-order valence-electron chi connectivity index (χ3n) is 4.57. The van der Waals surface area contributed by atoms with Crippen LogP contribution in [0.15, 0.2) is 0 Å². The van der Waals surface area contributed by atoms with Crippen LogP contribution in [-0.4, -0.2) is 64.8 Å². The van der Waals surface area contributed by atoms with Gasteiger partial charge in [-0.15, -0.1) is 0 Å². The average Bonchev–Trinajstić information content (AvgIpc) is 2.70. The first kappa shape index (κ1) is 19.2. The lowest BCUT2D eigenvalue weighted by atomic mass is 9.82. The van der Waals surface area contributed by atoms with Gasteiger partial charge in [0.05, 0.1) is 6.54 Å². The number of amides is 5. The van der Waals surface area contributed by atoms with E-state index in [0.29, 0.717) is 12.8 Å². The lowest BCUT2D eigenvalue weighted by Gasteiger charge is -2.30. The van der Waals surface area contributed by atoms with Crippen LogP contribution in [0.5, 0.6) is 0 Å². The zero-order valence-corrected chi connectivity index (χ0v) is 15.5. The highest BCUT2D eigenvalue weighted by Crippen LogP contribution is 2.33. The van der Waals surface area contributed by atoms with E-state index in [9.17, 15) is 19.2 Å². The van der Waals surface area contributed by atoms with Gasteiger partial charge in [0.1, 0.15) is 12.1 Å². The molecule has 0 aromatic heterocycles. The normalized spacial score (nSPS) is 19.8. The van der Waals surface area contributed by atoms with Gasteiger partial charge < -0.3 is 15.5 Å². The Labute approximate surface area is 148 Å². The minimum Gasteiger partial charge on any atom is -0.350 e. The topological polar surface area (TPSA) is 98.8 Å². The van der Waals surface area contributed by atoms with Gasteiger partial charge in [0, 0.05) is 12.6 Å². The van der Waals surface area contributed by atoms with Gasteiger partial charge in [-0.05, 0) is 33.6 Å². The van der Waals surface area contributed by atoms with E-state index in [1.165, 1.54) is 11.9 Å². The van der Waals surface area contributed by atoms with Crippen molar-refractivity contribution in [1.82, 2.24) is 20.4 Å². The largest absolute Gasteiger partial charge is 0.350 e. The second-order valence-electron chi connectivity index (χ2n) is 8.01. The van der Waals surface area contributed by atoms with E-state index >= 15 is 0 Å². The maximum absolute atomic E-state index is 12.7. The highest BCUT2D eigenvalue weighted by atomic mass is 16.2. The van der Waals surface area contributed by atoms with Crippen LogP contribution in [-0.2, 0) is 14.4 Å². The van der Waals surface area contributed by atoms with Crippen molar-refractivity contribution in [2.45, 2.75) is 64.0 Å². The molecule has 0 radical (unpaired) electrons. The molecule has 2 aliphatic rings. The molecule has 0 aromatic carbocycles. The molecule has 1 saturated carbocycles. The smallest absolute Gasteiger partial charge is 0.325 e. The molecule has 1 spiro atoms. The molecule has 2 rings (SSSR count). The van der Waals surface area contributed by atoms with Crippen LogP contribution in [0.2, 0.25) is 0 Å². The molecule has 2 fully saturated rings. The number of rotatable bonds is 4. The van der Waals surface area contributed by atoms with Crippen LogP contribution in [0.4, 0.5) is 4.79 Å². The number of imide groups is 1. The molecule has 140 valence electrons. The minimum absolute atomic E-state index is 0.120. The highest BCUT2D eigenvalue weighted by molar-refractivity contribution is 6.09. The number of nitrogens with zero attached hydrogens (tertiary/aromatic N) is 2. The quantitative estimate of drug-likeness (QED) is 0.724. The summed E-state index contributed by atoms with van der Waals surface area (Å²) in [4.78, 5) is 51.3.